The predicted octanol–water partition coefficient (Wildman–Crippen LogP) is 1.53. The average Bonchev–Trinajstić information content (AvgIpc) is 2.03. The lowest BCUT2D eigenvalue weighted by molar-refractivity contribution is 0.149. The fraction of sp³-hybridized carbons (Fsp3) is 1.00. The second kappa shape index (κ2) is 10.3. The summed E-state index contributed by atoms with van der Waals surface area (Å²) in [6, 6.07) is 0. The molecule has 0 bridgehead atoms. The van der Waals surface area contributed by atoms with Gasteiger partial charge in [-0.2, -0.15) is 11.8 Å². The molecular formula is C8H18O2S. The van der Waals surface area contributed by atoms with E-state index in [1.165, 1.54) is 0 Å². The molecule has 0 amide bonds. The molecule has 0 atom stereocenters. The summed E-state index contributed by atoms with van der Waals surface area (Å²) < 4.78 is 5.18. The van der Waals surface area contributed by atoms with Gasteiger partial charge in [0, 0.05) is 19.8 Å². The molecule has 3 heteroatoms. The van der Waals surface area contributed by atoms with Gasteiger partial charge in [0.2, 0.25) is 0 Å². The Morgan fingerprint density at radius 2 is 2.00 bits per heavy atom. The summed E-state index contributed by atoms with van der Waals surface area (Å²) >= 11 is 1.89. The van der Waals surface area contributed by atoms with Crippen molar-refractivity contribution in [3.8, 4) is 0 Å². The number of hydrogen-bond acceptors (Lipinski definition) is 3. The van der Waals surface area contributed by atoms with E-state index in [1.54, 1.807) is 0 Å². The average molecular weight is 178 g/mol. The summed E-state index contributed by atoms with van der Waals surface area (Å²) in [5.41, 5.74) is 0. The van der Waals surface area contributed by atoms with Gasteiger partial charge in [0.1, 0.15) is 0 Å². The lowest BCUT2D eigenvalue weighted by atomic mass is 10.5. The standard InChI is InChI=1S/C8H18O2S/c1-2-10-6-4-8-11-7-3-5-9/h9H,2-8H2,1H3. The molecule has 0 aliphatic heterocycles. The van der Waals surface area contributed by atoms with E-state index in [0.717, 1.165) is 37.6 Å². The molecule has 0 radical (unpaired) electrons. The quantitative estimate of drug-likeness (QED) is 0.572. The summed E-state index contributed by atoms with van der Waals surface area (Å²) in [5, 5.41) is 8.47. The van der Waals surface area contributed by atoms with E-state index in [1.807, 2.05) is 18.7 Å². The topological polar surface area (TPSA) is 29.5 Å². The zero-order valence-corrected chi connectivity index (χ0v) is 8.03. The maximum atomic E-state index is 8.47. The van der Waals surface area contributed by atoms with Crippen molar-refractivity contribution in [2.75, 3.05) is 31.3 Å². The van der Waals surface area contributed by atoms with Gasteiger partial charge in [-0.05, 0) is 31.3 Å². The van der Waals surface area contributed by atoms with Gasteiger partial charge >= 0.3 is 0 Å². The molecule has 1 N–H and O–H groups in total. The maximum Gasteiger partial charge on any atom is 0.0473 e. The molecule has 0 saturated carbocycles. The summed E-state index contributed by atoms with van der Waals surface area (Å²) in [6.45, 7) is 4.03. The molecule has 0 spiro atoms. The van der Waals surface area contributed by atoms with Crippen molar-refractivity contribution in [3.63, 3.8) is 0 Å². The van der Waals surface area contributed by atoms with Crippen LogP contribution in [0.2, 0.25) is 0 Å². The fourth-order valence-electron chi connectivity index (χ4n) is 0.676. The predicted molar refractivity (Wildman–Crippen MR) is 50.1 cm³/mol. The van der Waals surface area contributed by atoms with E-state index in [4.69, 9.17) is 9.84 Å². The zero-order chi connectivity index (χ0) is 8.36. The Hall–Kier alpha value is 0.270. The SMILES string of the molecule is CCOCCCSCCCO. The van der Waals surface area contributed by atoms with Crippen LogP contribution in [-0.4, -0.2) is 36.4 Å². The number of hydrogen-bond donors (Lipinski definition) is 1. The molecule has 0 rings (SSSR count). The fourth-order valence-corrected chi connectivity index (χ4v) is 1.54. The smallest absolute Gasteiger partial charge is 0.0473 e. The summed E-state index contributed by atoms with van der Waals surface area (Å²) in [5.74, 6) is 2.22. The third-order valence-electron chi connectivity index (χ3n) is 1.23. The molecule has 68 valence electrons. The van der Waals surface area contributed by atoms with Crippen molar-refractivity contribution >= 4 is 11.8 Å². The van der Waals surface area contributed by atoms with E-state index >= 15 is 0 Å². The Kier molecular flexibility index (Phi) is 10.5. The Bertz CT molecular complexity index is 61.1. The number of rotatable bonds is 8. The molecule has 0 aromatic heterocycles. The van der Waals surface area contributed by atoms with Crippen LogP contribution in [0.4, 0.5) is 0 Å². The van der Waals surface area contributed by atoms with Gasteiger partial charge in [0.05, 0.1) is 0 Å². The Morgan fingerprint density at radius 3 is 2.64 bits per heavy atom. The van der Waals surface area contributed by atoms with Crippen molar-refractivity contribution in [3.05, 3.63) is 0 Å². The third kappa shape index (κ3) is 10.3. The van der Waals surface area contributed by atoms with E-state index in [9.17, 15) is 0 Å². The van der Waals surface area contributed by atoms with E-state index < -0.39 is 0 Å². The van der Waals surface area contributed by atoms with Gasteiger partial charge in [0.25, 0.3) is 0 Å². The van der Waals surface area contributed by atoms with Gasteiger partial charge in [-0.1, -0.05) is 0 Å². The maximum absolute atomic E-state index is 8.47. The first kappa shape index (κ1) is 11.3. The zero-order valence-electron chi connectivity index (χ0n) is 7.21. The van der Waals surface area contributed by atoms with Crippen molar-refractivity contribution in [2.45, 2.75) is 19.8 Å². The number of aliphatic hydroxyl groups is 1. The Labute approximate surface area is 73.3 Å². The van der Waals surface area contributed by atoms with Crippen LogP contribution >= 0.6 is 11.8 Å². The van der Waals surface area contributed by atoms with Crippen LogP contribution in [0.15, 0.2) is 0 Å². The number of thioether (sulfide) groups is 1. The second-order valence-corrected chi connectivity index (χ2v) is 3.46. The van der Waals surface area contributed by atoms with E-state index in [0.29, 0.717) is 6.61 Å². The Balaban J connectivity index is 2.69. The van der Waals surface area contributed by atoms with E-state index in [-0.39, 0.29) is 0 Å². The van der Waals surface area contributed by atoms with Crippen LogP contribution in [0.25, 0.3) is 0 Å². The normalized spacial score (nSPS) is 10.4. The first-order valence-electron chi connectivity index (χ1n) is 4.18. The van der Waals surface area contributed by atoms with Crippen LogP contribution in [-0.2, 0) is 4.74 Å². The monoisotopic (exact) mass is 178 g/mol. The molecule has 0 aliphatic carbocycles. The highest BCUT2D eigenvalue weighted by atomic mass is 32.2. The molecule has 11 heavy (non-hydrogen) atoms. The summed E-state index contributed by atoms with van der Waals surface area (Å²) in [7, 11) is 0. The molecule has 0 saturated heterocycles. The van der Waals surface area contributed by atoms with Crippen molar-refractivity contribution in [2.24, 2.45) is 0 Å². The van der Waals surface area contributed by atoms with Gasteiger partial charge in [0.15, 0.2) is 0 Å². The largest absolute Gasteiger partial charge is 0.396 e. The third-order valence-corrected chi connectivity index (χ3v) is 2.38. The number of aliphatic hydroxyl groups excluding tert-OH is 1. The van der Waals surface area contributed by atoms with Crippen molar-refractivity contribution in [1.82, 2.24) is 0 Å². The summed E-state index contributed by atoms with van der Waals surface area (Å²) in [6.07, 6.45) is 2.04. The molecule has 0 unspecified atom stereocenters. The van der Waals surface area contributed by atoms with Gasteiger partial charge in [-0.3, -0.25) is 0 Å². The molecular weight excluding hydrogens is 160 g/mol. The minimum Gasteiger partial charge on any atom is -0.396 e. The highest BCUT2D eigenvalue weighted by Gasteiger charge is 1.89. The highest BCUT2D eigenvalue weighted by molar-refractivity contribution is 7.99. The molecule has 0 fully saturated rings. The van der Waals surface area contributed by atoms with Crippen LogP contribution in [0, 0.1) is 0 Å². The lowest BCUT2D eigenvalue weighted by Gasteiger charge is -2.00. The van der Waals surface area contributed by atoms with Crippen LogP contribution in [0.5, 0.6) is 0 Å². The highest BCUT2D eigenvalue weighted by Crippen LogP contribution is 2.03. The first-order valence-corrected chi connectivity index (χ1v) is 5.33. The van der Waals surface area contributed by atoms with Gasteiger partial charge in [-0.25, -0.2) is 0 Å². The van der Waals surface area contributed by atoms with Gasteiger partial charge in [-0.15, -0.1) is 0 Å². The van der Waals surface area contributed by atoms with Crippen LogP contribution in [0.3, 0.4) is 0 Å². The molecule has 0 aromatic carbocycles. The van der Waals surface area contributed by atoms with Gasteiger partial charge < -0.3 is 9.84 Å². The van der Waals surface area contributed by atoms with Crippen molar-refractivity contribution < 1.29 is 9.84 Å². The minimum absolute atomic E-state index is 0.318. The molecule has 0 heterocycles. The van der Waals surface area contributed by atoms with Crippen LogP contribution < -0.4 is 0 Å². The van der Waals surface area contributed by atoms with Crippen LogP contribution in [0.1, 0.15) is 19.8 Å². The molecule has 0 aliphatic rings. The van der Waals surface area contributed by atoms with E-state index in [2.05, 4.69) is 0 Å². The minimum atomic E-state index is 0.318. The summed E-state index contributed by atoms with van der Waals surface area (Å²) in [4.78, 5) is 0. The second-order valence-electron chi connectivity index (χ2n) is 2.24. The molecule has 2 nitrogen and oxygen atoms in total. The number of ether oxygens (including phenoxy) is 1. The van der Waals surface area contributed by atoms with Crippen molar-refractivity contribution in [1.29, 1.82) is 0 Å². The first-order chi connectivity index (χ1) is 5.41. The molecule has 0 aromatic rings. The lowest BCUT2D eigenvalue weighted by Crippen LogP contribution is -1.95. The Morgan fingerprint density at radius 1 is 1.27 bits per heavy atom.